The molecule has 1 aliphatic rings. The Morgan fingerprint density at radius 1 is 0.885 bits per heavy atom. The molecule has 2 aromatic rings. The monoisotopic (exact) mass is 363 g/mol. The van der Waals surface area contributed by atoms with E-state index in [0.29, 0.717) is 24.8 Å². The molecule has 2 amide bonds. The van der Waals surface area contributed by atoms with Gasteiger partial charge in [-0.05, 0) is 24.3 Å². The molecule has 1 fully saturated rings. The van der Waals surface area contributed by atoms with Gasteiger partial charge in [0.2, 0.25) is 0 Å². The number of benzene rings is 2. The van der Waals surface area contributed by atoms with Crippen LogP contribution in [-0.4, -0.2) is 42.9 Å². The minimum atomic E-state index is -1.00. The largest absolute Gasteiger partial charge is 0.366 e. The molecule has 0 atom stereocenters. The third-order valence-corrected chi connectivity index (χ3v) is 4.13. The molecule has 2 aromatic carbocycles. The minimum absolute atomic E-state index is 0.229. The Hall–Kier alpha value is -3.03. The maximum Gasteiger partial charge on any atom is 0.313 e. The van der Waals surface area contributed by atoms with Crippen LogP contribution in [0.2, 0.25) is 0 Å². The molecule has 1 saturated heterocycles. The van der Waals surface area contributed by atoms with E-state index in [4.69, 9.17) is 0 Å². The minimum Gasteiger partial charge on any atom is -0.366 e. The molecule has 0 unspecified atom stereocenters. The molecule has 136 valence electrons. The summed E-state index contributed by atoms with van der Waals surface area (Å²) in [6, 6.07) is 8.97. The van der Waals surface area contributed by atoms with Crippen molar-refractivity contribution in [1.82, 2.24) is 4.90 Å². The van der Waals surface area contributed by atoms with Gasteiger partial charge in [-0.3, -0.25) is 9.59 Å². The lowest BCUT2D eigenvalue weighted by molar-refractivity contribution is -0.143. The van der Waals surface area contributed by atoms with Crippen LogP contribution in [0.3, 0.4) is 0 Å². The van der Waals surface area contributed by atoms with Gasteiger partial charge in [0.25, 0.3) is 0 Å². The molecular weight excluding hydrogens is 347 g/mol. The predicted octanol–water partition coefficient (Wildman–Crippen LogP) is 2.39. The number of hydrogen-bond donors (Lipinski definition) is 1. The van der Waals surface area contributed by atoms with Gasteiger partial charge >= 0.3 is 11.8 Å². The molecule has 0 aliphatic carbocycles. The standard InChI is InChI=1S/C18H16F3N3O2/c19-12-5-6-15(14(21)11-12)22-17(25)18(26)24-9-7-23(8-10-24)16-4-2-1-3-13(16)20/h1-6,11H,7-10H2,(H,22,25). The Bertz CT molecular complexity index is 836. The summed E-state index contributed by atoms with van der Waals surface area (Å²) < 4.78 is 40.3. The molecule has 26 heavy (non-hydrogen) atoms. The topological polar surface area (TPSA) is 52.7 Å². The van der Waals surface area contributed by atoms with Crippen LogP contribution < -0.4 is 10.2 Å². The summed E-state index contributed by atoms with van der Waals surface area (Å²) in [5.41, 5.74) is 0.173. The lowest BCUT2D eigenvalue weighted by Crippen LogP contribution is -2.51. The average molecular weight is 363 g/mol. The van der Waals surface area contributed by atoms with Gasteiger partial charge in [0, 0.05) is 32.2 Å². The molecule has 1 aliphatic heterocycles. The summed E-state index contributed by atoms with van der Waals surface area (Å²) in [7, 11) is 0. The normalized spacial score (nSPS) is 14.3. The van der Waals surface area contributed by atoms with Crippen LogP contribution in [0.25, 0.3) is 0 Å². The fourth-order valence-corrected chi connectivity index (χ4v) is 2.77. The van der Waals surface area contributed by atoms with E-state index in [-0.39, 0.29) is 24.6 Å². The first-order chi connectivity index (χ1) is 12.5. The van der Waals surface area contributed by atoms with Gasteiger partial charge < -0.3 is 15.1 Å². The Morgan fingerprint density at radius 2 is 1.58 bits per heavy atom. The van der Waals surface area contributed by atoms with Crippen molar-refractivity contribution in [3.05, 3.63) is 59.9 Å². The van der Waals surface area contributed by atoms with E-state index in [9.17, 15) is 22.8 Å². The summed E-state index contributed by atoms with van der Waals surface area (Å²) in [5, 5.41) is 2.14. The molecule has 3 rings (SSSR count). The van der Waals surface area contributed by atoms with Crippen LogP contribution in [-0.2, 0) is 9.59 Å². The molecule has 5 nitrogen and oxygen atoms in total. The predicted molar refractivity (Wildman–Crippen MR) is 90.2 cm³/mol. The van der Waals surface area contributed by atoms with E-state index in [1.165, 1.54) is 11.0 Å². The molecular formula is C18H16F3N3O2. The Balaban J connectivity index is 1.59. The van der Waals surface area contributed by atoms with Crippen LogP contribution in [0, 0.1) is 17.5 Å². The average Bonchev–Trinajstić information content (AvgIpc) is 2.64. The van der Waals surface area contributed by atoms with Gasteiger partial charge in [-0.25, -0.2) is 13.2 Å². The fraction of sp³-hybridized carbons (Fsp3) is 0.222. The number of carbonyl (C=O) groups excluding carboxylic acids is 2. The SMILES string of the molecule is O=C(Nc1ccc(F)cc1F)C(=O)N1CCN(c2ccccc2F)CC1. The third kappa shape index (κ3) is 3.79. The summed E-state index contributed by atoms with van der Waals surface area (Å²) in [6.07, 6.45) is 0. The zero-order valence-electron chi connectivity index (χ0n) is 13.7. The lowest BCUT2D eigenvalue weighted by atomic mass is 10.2. The number of halogens is 3. The maximum atomic E-state index is 13.8. The van der Waals surface area contributed by atoms with E-state index in [0.717, 1.165) is 12.1 Å². The summed E-state index contributed by atoms with van der Waals surface area (Å²) in [6.45, 7) is 1.19. The van der Waals surface area contributed by atoms with Crippen molar-refractivity contribution in [3.8, 4) is 0 Å². The molecule has 1 N–H and O–H groups in total. The highest BCUT2D eigenvalue weighted by Gasteiger charge is 2.27. The van der Waals surface area contributed by atoms with Crippen molar-refractivity contribution in [2.24, 2.45) is 0 Å². The number of nitrogens with zero attached hydrogens (tertiary/aromatic N) is 2. The third-order valence-electron chi connectivity index (χ3n) is 4.13. The number of anilines is 2. The smallest absolute Gasteiger partial charge is 0.313 e. The van der Waals surface area contributed by atoms with Crippen LogP contribution in [0.4, 0.5) is 24.5 Å². The first kappa shape index (κ1) is 17.8. The van der Waals surface area contributed by atoms with Gasteiger partial charge in [-0.2, -0.15) is 0 Å². The first-order valence-corrected chi connectivity index (χ1v) is 8.00. The van der Waals surface area contributed by atoms with Gasteiger partial charge in [0.15, 0.2) is 0 Å². The van der Waals surface area contributed by atoms with Crippen LogP contribution >= 0.6 is 0 Å². The van der Waals surface area contributed by atoms with Gasteiger partial charge in [0.1, 0.15) is 17.5 Å². The number of piperazine rings is 1. The first-order valence-electron chi connectivity index (χ1n) is 8.00. The number of carbonyl (C=O) groups is 2. The molecule has 0 spiro atoms. The van der Waals surface area contributed by atoms with E-state index in [1.807, 2.05) is 0 Å². The van der Waals surface area contributed by atoms with Crippen molar-refractivity contribution < 1.29 is 22.8 Å². The van der Waals surface area contributed by atoms with Crippen LogP contribution in [0.5, 0.6) is 0 Å². The highest BCUT2D eigenvalue weighted by molar-refractivity contribution is 6.39. The maximum absolute atomic E-state index is 13.8. The number of nitrogens with one attached hydrogen (secondary N) is 1. The van der Waals surface area contributed by atoms with Gasteiger partial charge in [0.05, 0.1) is 11.4 Å². The highest BCUT2D eigenvalue weighted by atomic mass is 19.1. The van der Waals surface area contributed by atoms with E-state index in [1.54, 1.807) is 23.1 Å². The summed E-state index contributed by atoms with van der Waals surface area (Å²) >= 11 is 0. The van der Waals surface area contributed by atoms with E-state index in [2.05, 4.69) is 5.32 Å². The molecule has 0 bridgehead atoms. The van der Waals surface area contributed by atoms with E-state index >= 15 is 0 Å². The number of amides is 2. The number of rotatable bonds is 2. The molecule has 8 heteroatoms. The second-order valence-electron chi connectivity index (χ2n) is 5.81. The quantitative estimate of drug-likeness (QED) is 0.834. The zero-order chi connectivity index (χ0) is 18.7. The molecule has 0 radical (unpaired) electrons. The molecule has 0 aromatic heterocycles. The number of hydrogen-bond acceptors (Lipinski definition) is 3. The van der Waals surface area contributed by atoms with E-state index < -0.39 is 23.4 Å². The molecule has 1 heterocycles. The fourth-order valence-electron chi connectivity index (χ4n) is 2.77. The van der Waals surface area contributed by atoms with Crippen LogP contribution in [0.15, 0.2) is 42.5 Å². The van der Waals surface area contributed by atoms with Crippen molar-refractivity contribution in [2.45, 2.75) is 0 Å². The highest BCUT2D eigenvalue weighted by Crippen LogP contribution is 2.20. The Morgan fingerprint density at radius 3 is 2.23 bits per heavy atom. The van der Waals surface area contributed by atoms with Gasteiger partial charge in [-0.1, -0.05) is 12.1 Å². The van der Waals surface area contributed by atoms with Crippen molar-refractivity contribution in [2.75, 3.05) is 36.4 Å². The second kappa shape index (κ2) is 7.47. The Labute approximate surface area is 148 Å². The van der Waals surface area contributed by atoms with Crippen LogP contribution in [0.1, 0.15) is 0 Å². The molecule has 0 saturated carbocycles. The Kier molecular flexibility index (Phi) is 5.11. The second-order valence-corrected chi connectivity index (χ2v) is 5.81. The summed E-state index contributed by atoms with van der Waals surface area (Å²) in [5.74, 6) is -3.92. The van der Waals surface area contributed by atoms with Gasteiger partial charge in [-0.15, -0.1) is 0 Å². The lowest BCUT2D eigenvalue weighted by Gasteiger charge is -2.35. The van der Waals surface area contributed by atoms with Crippen molar-refractivity contribution >= 4 is 23.2 Å². The zero-order valence-corrected chi connectivity index (χ0v) is 13.7. The van der Waals surface area contributed by atoms with Crippen molar-refractivity contribution in [1.29, 1.82) is 0 Å². The number of para-hydroxylation sites is 1. The van der Waals surface area contributed by atoms with Crippen molar-refractivity contribution in [3.63, 3.8) is 0 Å². The summed E-state index contributed by atoms with van der Waals surface area (Å²) in [4.78, 5) is 27.3.